The molecule has 8 aromatic carbocycles. The van der Waals surface area contributed by atoms with Crippen molar-refractivity contribution in [3.8, 4) is 0 Å². The lowest BCUT2D eigenvalue weighted by Crippen LogP contribution is -2.61. The summed E-state index contributed by atoms with van der Waals surface area (Å²) in [6.07, 6.45) is 0. The molecule has 0 spiro atoms. The van der Waals surface area contributed by atoms with Crippen molar-refractivity contribution in [2.24, 2.45) is 0 Å². The van der Waals surface area contributed by atoms with Gasteiger partial charge in [-0.15, -0.1) is 0 Å². The number of fused-ring (bicyclic) bond motifs is 8. The number of rotatable bonds is 5. The van der Waals surface area contributed by atoms with E-state index in [2.05, 4.69) is 209 Å². The Morgan fingerprint density at radius 3 is 1.64 bits per heavy atom. The summed E-state index contributed by atoms with van der Waals surface area (Å²) in [4.78, 5) is 7.27. The molecular formula is C48H32BN3O. The normalized spacial score (nSPS) is 12.8. The van der Waals surface area contributed by atoms with Gasteiger partial charge in [-0.25, -0.2) is 0 Å². The van der Waals surface area contributed by atoms with Crippen LogP contribution in [0.15, 0.2) is 199 Å². The second kappa shape index (κ2) is 11.8. The van der Waals surface area contributed by atoms with Gasteiger partial charge in [0.25, 0.3) is 6.71 Å². The van der Waals surface area contributed by atoms with Crippen LogP contribution in [0.1, 0.15) is 0 Å². The van der Waals surface area contributed by atoms with Gasteiger partial charge in [-0.1, -0.05) is 121 Å². The van der Waals surface area contributed by atoms with Gasteiger partial charge < -0.3 is 19.1 Å². The lowest BCUT2D eigenvalue weighted by molar-refractivity contribution is 0.669. The van der Waals surface area contributed by atoms with E-state index in [1.807, 2.05) is 0 Å². The van der Waals surface area contributed by atoms with E-state index in [1.165, 1.54) is 22.1 Å². The minimum absolute atomic E-state index is 0.0281. The maximum atomic E-state index is 6.89. The molecule has 1 aromatic heterocycles. The van der Waals surface area contributed by atoms with Crippen LogP contribution < -0.4 is 31.1 Å². The summed E-state index contributed by atoms with van der Waals surface area (Å²) in [6.45, 7) is -0.0281. The van der Waals surface area contributed by atoms with Gasteiger partial charge in [0.05, 0.1) is 11.4 Å². The van der Waals surface area contributed by atoms with Gasteiger partial charge in [0.1, 0.15) is 5.58 Å². The summed E-state index contributed by atoms with van der Waals surface area (Å²) >= 11 is 0. The third-order valence-electron chi connectivity index (χ3n) is 10.8. The van der Waals surface area contributed by atoms with Gasteiger partial charge in [0.2, 0.25) is 0 Å². The average molecular weight is 678 g/mol. The number of para-hydroxylation sites is 6. The Morgan fingerprint density at radius 1 is 0.415 bits per heavy atom. The largest absolute Gasteiger partial charge is 0.454 e. The molecule has 0 fully saturated rings. The Hall–Kier alpha value is -6.98. The third-order valence-corrected chi connectivity index (χ3v) is 10.8. The fourth-order valence-electron chi connectivity index (χ4n) is 8.62. The predicted molar refractivity (Wildman–Crippen MR) is 222 cm³/mol. The van der Waals surface area contributed by atoms with Crippen molar-refractivity contribution in [1.29, 1.82) is 0 Å². The van der Waals surface area contributed by atoms with Crippen LogP contribution in [-0.4, -0.2) is 6.71 Å². The summed E-state index contributed by atoms with van der Waals surface area (Å²) in [7, 11) is 0. The van der Waals surface area contributed by atoms with Crippen LogP contribution in [0.5, 0.6) is 0 Å². The van der Waals surface area contributed by atoms with Crippen LogP contribution in [0, 0.1) is 0 Å². The first-order valence-corrected chi connectivity index (χ1v) is 18.1. The fraction of sp³-hybridized carbons (Fsp3) is 0. The second-order valence-electron chi connectivity index (χ2n) is 13.7. The number of hydrogen-bond acceptors (Lipinski definition) is 4. The molecule has 0 atom stereocenters. The van der Waals surface area contributed by atoms with E-state index in [4.69, 9.17) is 4.42 Å². The molecule has 11 rings (SSSR count). The number of benzene rings is 8. The molecule has 0 aliphatic carbocycles. The van der Waals surface area contributed by atoms with Crippen LogP contribution in [0.2, 0.25) is 0 Å². The Labute approximate surface area is 308 Å². The van der Waals surface area contributed by atoms with Crippen molar-refractivity contribution >= 4 is 96.2 Å². The maximum absolute atomic E-state index is 6.89. The van der Waals surface area contributed by atoms with E-state index in [0.29, 0.717) is 0 Å². The highest BCUT2D eigenvalue weighted by atomic mass is 16.3. The summed E-state index contributed by atoms with van der Waals surface area (Å²) in [6, 6.07) is 69.6. The molecule has 2 aliphatic heterocycles. The highest BCUT2D eigenvalue weighted by Crippen LogP contribution is 2.49. The van der Waals surface area contributed by atoms with Crippen LogP contribution in [0.25, 0.3) is 21.9 Å². The zero-order chi connectivity index (χ0) is 34.9. The Morgan fingerprint density at radius 2 is 0.962 bits per heavy atom. The van der Waals surface area contributed by atoms with Crippen molar-refractivity contribution in [2.75, 3.05) is 14.7 Å². The average Bonchev–Trinajstić information content (AvgIpc) is 3.61. The first-order chi connectivity index (χ1) is 26.3. The summed E-state index contributed by atoms with van der Waals surface area (Å²) < 4.78 is 6.89. The molecule has 9 aromatic rings. The second-order valence-corrected chi connectivity index (χ2v) is 13.7. The van der Waals surface area contributed by atoms with Gasteiger partial charge in [0.15, 0.2) is 5.58 Å². The number of furan rings is 1. The first-order valence-electron chi connectivity index (χ1n) is 18.1. The van der Waals surface area contributed by atoms with Crippen LogP contribution in [0.3, 0.4) is 0 Å². The lowest BCUT2D eigenvalue weighted by Gasteiger charge is -2.44. The molecule has 2 aliphatic rings. The van der Waals surface area contributed by atoms with Crippen LogP contribution in [-0.2, 0) is 0 Å². The third kappa shape index (κ3) is 4.50. The molecule has 248 valence electrons. The summed E-state index contributed by atoms with van der Waals surface area (Å²) in [5, 5.41) is 2.24. The van der Waals surface area contributed by atoms with Crippen molar-refractivity contribution < 1.29 is 4.42 Å². The standard InChI is InChI=1S/C48H32BN3O/c1-5-17-33(18-6-1)50(34-19-7-2-8-20-34)37-31-43-46-44(32-37)52(36-23-11-4-12-24-36)47-41(30-29-39-38-25-13-16-28-45(38)53-48(39)47)49(46)40-26-14-15-27-42(40)51(43)35-21-9-3-10-22-35/h1-32H. The van der Waals surface area contributed by atoms with E-state index in [9.17, 15) is 0 Å². The minimum atomic E-state index is -0.0281. The molecule has 0 amide bonds. The number of anilines is 9. The minimum Gasteiger partial charge on any atom is -0.454 e. The highest BCUT2D eigenvalue weighted by Gasteiger charge is 2.45. The molecular weight excluding hydrogens is 645 g/mol. The van der Waals surface area contributed by atoms with E-state index in [0.717, 1.165) is 67.4 Å². The number of hydrogen-bond donors (Lipinski definition) is 0. The zero-order valence-electron chi connectivity index (χ0n) is 28.8. The molecule has 0 radical (unpaired) electrons. The SMILES string of the molecule is c1ccc(N(c2ccccc2)c2cc3c4c(c2)N(c2ccccc2)c2c(ccc5c2oc2ccccc25)B4c2ccccc2N3c2ccccc2)cc1. The van der Waals surface area contributed by atoms with Gasteiger partial charge in [-0.2, -0.15) is 0 Å². The zero-order valence-corrected chi connectivity index (χ0v) is 28.8. The molecule has 0 N–H and O–H groups in total. The smallest absolute Gasteiger partial charge is 0.252 e. The maximum Gasteiger partial charge on any atom is 0.252 e. The Balaban J connectivity index is 1.30. The Kier molecular flexibility index (Phi) is 6.61. The highest BCUT2D eigenvalue weighted by molar-refractivity contribution is 7.00. The first kappa shape index (κ1) is 29.7. The molecule has 4 nitrogen and oxygen atoms in total. The monoisotopic (exact) mass is 677 g/mol. The number of nitrogens with zero attached hydrogens (tertiary/aromatic N) is 3. The quantitative estimate of drug-likeness (QED) is 0.169. The van der Waals surface area contributed by atoms with Crippen molar-refractivity contribution in [3.63, 3.8) is 0 Å². The van der Waals surface area contributed by atoms with E-state index in [-0.39, 0.29) is 6.71 Å². The van der Waals surface area contributed by atoms with Crippen LogP contribution in [0.4, 0.5) is 51.2 Å². The topological polar surface area (TPSA) is 22.9 Å². The predicted octanol–water partition coefficient (Wildman–Crippen LogP) is 11.1. The van der Waals surface area contributed by atoms with Crippen molar-refractivity contribution in [3.05, 3.63) is 194 Å². The van der Waals surface area contributed by atoms with Gasteiger partial charge in [-0.3, -0.25) is 0 Å². The molecule has 5 heteroatoms. The van der Waals surface area contributed by atoms with E-state index < -0.39 is 0 Å². The lowest BCUT2D eigenvalue weighted by atomic mass is 9.33. The molecule has 53 heavy (non-hydrogen) atoms. The molecule has 3 heterocycles. The van der Waals surface area contributed by atoms with Gasteiger partial charge in [0, 0.05) is 50.6 Å². The van der Waals surface area contributed by atoms with E-state index >= 15 is 0 Å². The molecule has 0 unspecified atom stereocenters. The van der Waals surface area contributed by atoms with Crippen LogP contribution >= 0.6 is 0 Å². The summed E-state index contributed by atoms with van der Waals surface area (Å²) in [5.74, 6) is 0. The molecule has 0 bridgehead atoms. The summed E-state index contributed by atoms with van der Waals surface area (Å²) in [5.41, 5.74) is 15.5. The Bertz CT molecular complexity index is 2760. The van der Waals surface area contributed by atoms with Gasteiger partial charge in [-0.05, 0) is 89.2 Å². The van der Waals surface area contributed by atoms with E-state index in [1.54, 1.807) is 0 Å². The molecule has 0 saturated carbocycles. The van der Waals surface area contributed by atoms with Crippen molar-refractivity contribution in [1.82, 2.24) is 0 Å². The molecule has 0 saturated heterocycles. The van der Waals surface area contributed by atoms with Gasteiger partial charge >= 0.3 is 0 Å². The van der Waals surface area contributed by atoms with Crippen molar-refractivity contribution in [2.45, 2.75) is 0 Å². The fourth-order valence-corrected chi connectivity index (χ4v) is 8.62.